The lowest BCUT2D eigenvalue weighted by molar-refractivity contribution is -0.422. The van der Waals surface area contributed by atoms with E-state index in [0.717, 1.165) is 11.6 Å². The third kappa shape index (κ3) is 2.20. The van der Waals surface area contributed by atoms with Crippen molar-refractivity contribution >= 4 is 5.70 Å². The maximum Gasteiger partial charge on any atom is 0.317 e. The number of rotatable bonds is 2. The number of hydrogen-bond donors (Lipinski definition) is 1. The standard InChI is InChI=1S/C15H11FN4O2/c16-12-3-1-10(2-4-12)13-9-11(5-6-17)14(20(21)22)15-18-7-8-19(13)15/h1-5,9,18H,7-8H2/b11-5-. The summed E-state index contributed by atoms with van der Waals surface area (Å²) in [6.45, 7) is 1.13. The quantitative estimate of drug-likeness (QED) is 0.513. The van der Waals surface area contributed by atoms with E-state index in [-0.39, 0.29) is 17.1 Å². The third-order valence-corrected chi connectivity index (χ3v) is 3.52. The summed E-state index contributed by atoms with van der Waals surface area (Å²) in [5, 5.41) is 23.2. The van der Waals surface area contributed by atoms with Crippen molar-refractivity contribution in [2.75, 3.05) is 13.1 Å². The Hall–Kier alpha value is -3.14. The van der Waals surface area contributed by atoms with Crippen molar-refractivity contribution in [3.63, 3.8) is 0 Å². The Kier molecular flexibility index (Phi) is 3.35. The second kappa shape index (κ2) is 5.33. The van der Waals surface area contributed by atoms with Crippen LogP contribution in [0, 0.1) is 27.3 Å². The molecule has 1 saturated heterocycles. The Balaban J connectivity index is 2.15. The lowest BCUT2D eigenvalue weighted by atomic mass is 10.0. The first-order valence-electron chi connectivity index (χ1n) is 6.59. The zero-order valence-corrected chi connectivity index (χ0v) is 11.4. The molecular formula is C15H11FN4O2. The zero-order valence-electron chi connectivity index (χ0n) is 11.4. The molecule has 0 radical (unpaired) electrons. The molecule has 0 atom stereocenters. The number of benzene rings is 1. The fourth-order valence-corrected chi connectivity index (χ4v) is 2.61. The SMILES string of the molecule is N#C/C=C1/C=C(c2ccc(F)cc2)N2CCNC2=C1[N+](=O)[O-]. The number of fused-ring (bicyclic) bond motifs is 1. The van der Waals surface area contributed by atoms with Gasteiger partial charge in [-0.2, -0.15) is 5.26 Å². The summed E-state index contributed by atoms with van der Waals surface area (Å²) in [6, 6.07) is 7.72. The van der Waals surface area contributed by atoms with Gasteiger partial charge in [0, 0.05) is 19.2 Å². The van der Waals surface area contributed by atoms with Gasteiger partial charge in [0.25, 0.3) is 0 Å². The lowest BCUT2D eigenvalue weighted by Crippen LogP contribution is -2.27. The van der Waals surface area contributed by atoms with Crippen molar-refractivity contribution in [1.29, 1.82) is 5.26 Å². The summed E-state index contributed by atoms with van der Waals surface area (Å²) < 4.78 is 13.1. The predicted molar refractivity (Wildman–Crippen MR) is 76.8 cm³/mol. The normalized spacial score (nSPS) is 18.6. The Labute approximate surface area is 125 Å². The molecule has 110 valence electrons. The summed E-state index contributed by atoms with van der Waals surface area (Å²) in [6.07, 6.45) is 2.73. The van der Waals surface area contributed by atoms with Crippen LogP contribution in [0.5, 0.6) is 0 Å². The molecule has 7 heteroatoms. The summed E-state index contributed by atoms with van der Waals surface area (Å²) in [5.41, 5.74) is 1.54. The van der Waals surface area contributed by atoms with Crippen LogP contribution in [0.2, 0.25) is 0 Å². The number of nitro groups is 1. The summed E-state index contributed by atoms with van der Waals surface area (Å²) >= 11 is 0. The van der Waals surface area contributed by atoms with Crippen LogP contribution in [0.15, 0.2) is 53.5 Å². The maximum atomic E-state index is 13.1. The van der Waals surface area contributed by atoms with Crippen molar-refractivity contribution in [3.8, 4) is 6.07 Å². The molecule has 0 unspecified atom stereocenters. The fourth-order valence-electron chi connectivity index (χ4n) is 2.61. The number of nitriles is 1. The highest BCUT2D eigenvalue weighted by Gasteiger charge is 2.36. The third-order valence-electron chi connectivity index (χ3n) is 3.52. The van der Waals surface area contributed by atoms with Gasteiger partial charge in [-0.1, -0.05) is 0 Å². The molecule has 1 fully saturated rings. The summed E-state index contributed by atoms with van der Waals surface area (Å²) in [4.78, 5) is 12.6. The molecule has 0 bridgehead atoms. The highest BCUT2D eigenvalue weighted by atomic mass is 19.1. The van der Waals surface area contributed by atoms with E-state index in [1.54, 1.807) is 23.1 Å². The Morgan fingerprint density at radius 2 is 2.14 bits per heavy atom. The molecular weight excluding hydrogens is 287 g/mol. The predicted octanol–water partition coefficient (Wildman–Crippen LogP) is 1.98. The van der Waals surface area contributed by atoms with E-state index in [1.807, 2.05) is 6.07 Å². The molecule has 6 nitrogen and oxygen atoms in total. The van der Waals surface area contributed by atoms with Crippen molar-refractivity contribution in [1.82, 2.24) is 10.2 Å². The molecule has 3 rings (SSSR count). The number of hydrogen-bond acceptors (Lipinski definition) is 5. The van der Waals surface area contributed by atoms with Gasteiger partial charge in [0.1, 0.15) is 5.82 Å². The molecule has 2 aliphatic rings. The van der Waals surface area contributed by atoms with Crippen molar-refractivity contribution in [2.45, 2.75) is 0 Å². The lowest BCUT2D eigenvalue weighted by Gasteiger charge is -2.26. The second-order valence-electron chi connectivity index (χ2n) is 4.80. The largest absolute Gasteiger partial charge is 0.364 e. The first kappa shape index (κ1) is 13.8. The number of halogens is 1. The van der Waals surface area contributed by atoms with E-state index >= 15 is 0 Å². The van der Waals surface area contributed by atoms with Crippen LogP contribution in [-0.4, -0.2) is 22.9 Å². The first-order chi connectivity index (χ1) is 10.6. The van der Waals surface area contributed by atoms with Gasteiger partial charge in [0.05, 0.1) is 22.3 Å². The van der Waals surface area contributed by atoms with E-state index in [1.165, 1.54) is 12.1 Å². The molecule has 0 aliphatic carbocycles. The van der Waals surface area contributed by atoms with Crippen molar-refractivity contribution in [3.05, 3.63) is 75.0 Å². The van der Waals surface area contributed by atoms with Gasteiger partial charge < -0.3 is 10.2 Å². The average molecular weight is 298 g/mol. The van der Waals surface area contributed by atoms with Crippen LogP contribution in [0.25, 0.3) is 5.70 Å². The van der Waals surface area contributed by atoms with E-state index in [4.69, 9.17) is 5.26 Å². The van der Waals surface area contributed by atoms with Gasteiger partial charge in [-0.05, 0) is 35.9 Å². The molecule has 1 aromatic rings. The van der Waals surface area contributed by atoms with Crippen molar-refractivity contribution < 1.29 is 9.31 Å². The number of nitrogens with one attached hydrogen (secondary N) is 1. The van der Waals surface area contributed by atoms with Gasteiger partial charge in [0.2, 0.25) is 0 Å². The Morgan fingerprint density at radius 1 is 1.41 bits per heavy atom. The van der Waals surface area contributed by atoms with Gasteiger partial charge in [-0.25, -0.2) is 4.39 Å². The second-order valence-corrected chi connectivity index (χ2v) is 4.80. The molecule has 1 aromatic carbocycles. The molecule has 0 saturated carbocycles. The fraction of sp³-hybridized carbons (Fsp3) is 0.133. The van der Waals surface area contributed by atoms with Crippen LogP contribution >= 0.6 is 0 Å². The minimum Gasteiger partial charge on any atom is -0.364 e. The topological polar surface area (TPSA) is 82.2 Å². The van der Waals surface area contributed by atoms with Crippen LogP contribution in [0.3, 0.4) is 0 Å². The van der Waals surface area contributed by atoms with Crippen molar-refractivity contribution in [2.24, 2.45) is 0 Å². The van der Waals surface area contributed by atoms with Crippen LogP contribution < -0.4 is 5.32 Å². The zero-order chi connectivity index (χ0) is 15.7. The maximum absolute atomic E-state index is 13.1. The minimum absolute atomic E-state index is 0.120. The minimum atomic E-state index is -0.498. The van der Waals surface area contributed by atoms with Gasteiger partial charge in [0.15, 0.2) is 5.82 Å². The molecule has 0 aromatic heterocycles. The van der Waals surface area contributed by atoms with E-state index in [9.17, 15) is 14.5 Å². The van der Waals surface area contributed by atoms with Crippen LogP contribution in [0.4, 0.5) is 4.39 Å². The molecule has 0 spiro atoms. The number of nitrogens with zero attached hydrogens (tertiary/aromatic N) is 3. The molecule has 0 amide bonds. The Bertz CT molecular complexity index is 772. The first-order valence-corrected chi connectivity index (χ1v) is 6.59. The smallest absolute Gasteiger partial charge is 0.317 e. The Morgan fingerprint density at radius 3 is 2.77 bits per heavy atom. The molecule has 2 aliphatic heterocycles. The van der Waals surface area contributed by atoms with E-state index in [0.29, 0.717) is 24.6 Å². The van der Waals surface area contributed by atoms with Crippen LogP contribution in [0.1, 0.15) is 5.56 Å². The molecule has 1 N–H and O–H groups in total. The van der Waals surface area contributed by atoms with Gasteiger partial charge >= 0.3 is 5.70 Å². The summed E-state index contributed by atoms with van der Waals surface area (Å²) in [5.74, 6) is 0.0163. The number of allylic oxidation sites excluding steroid dienone is 2. The summed E-state index contributed by atoms with van der Waals surface area (Å²) in [7, 11) is 0. The molecule has 22 heavy (non-hydrogen) atoms. The van der Waals surface area contributed by atoms with E-state index < -0.39 is 4.92 Å². The van der Waals surface area contributed by atoms with Gasteiger partial charge in [-0.3, -0.25) is 10.1 Å². The highest BCUT2D eigenvalue weighted by Crippen LogP contribution is 2.35. The molecule has 2 heterocycles. The van der Waals surface area contributed by atoms with Crippen LogP contribution in [-0.2, 0) is 0 Å². The average Bonchev–Trinajstić information content (AvgIpc) is 2.96. The van der Waals surface area contributed by atoms with Gasteiger partial charge in [-0.15, -0.1) is 0 Å². The highest BCUT2D eigenvalue weighted by molar-refractivity contribution is 5.73. The van der Waals surface area contributed by atoms with E-state index in [2.05, 4.69) is 5.32 Å². The monoisotopic (exact) mass is 298 g/mol.